The Bertz CT molecular complexity index is 432. The summed E-state index contributed by atoms with van der Waals surface area (Å²) in [5, 5.41) is 10.5. The van der Waals surface area contributed by atoms with E-state index in [2.05, 4.69) is 39.5 Å². The molecule has 2 rings (SSSR count). The predicted molar refractivity (Wildman–Crippen MR) is 88.8 cm³/mol. The molecule has 1 saturated heterocycles. The summed E-state index contributed by atoms with van der Waals surface area (Å²) in [6, 6.07) is 2.58. The van der Waals surface area contributed by atoms with Gasteiger partial charge in [0.2, 0.25) is 0 Å². The van der Waals surface area contributed by atoms with Gasteiger partial charge in [0.1, 0.15) is 12.0 Å². The van der Waals surface area contributed by atoms with Gasteiger partial charge in [0, 0.05) is 31.7 Å². The van der Waals surface area contributed by atoms with Gasteiger partial charge in [-0.05, 0) is 39.7 Å². The number of piperidine rings is 1. The van der Waals surface area contributed by atoms with Crippen LogP contribution in [0.2, 0.25) is 0 Å². The molecule has 1 unspecified atom stereocenters. The van der Waals surface area contributed by atoms with Gasteiger partial charge in [-0.3, -0.25) is 0 Å². The molecule has 0 aliphatic carbocycles. The lowest BCUT2D eigenvalue weighted by molar-refractivity contribution is 0.159. The highest BCUT2D eigenvalue weighted by Crippen LogP contribution is 2.15. The molecule has 0 bridgehead atoms. The van der Waals surface area contributed by atoms with Crippen LogP contribution in [0.3, 0.4) is 0 Å². The molecule has 22 heavy (non-hydrogen) atoms. The number of rotatable bonds is 7. The van der Waals surface area contributed by atoms with E-state index in [0.29, 0.717) is 6.54 Å². The number of hydrogen-bond acceptors (Lipinski definition) is 4. The van der Waals surface area contributed by atoms with Crippen molar-refractivity contribution in [2.45, 2.75) is 52.1 Å². The second-order valence-electron chi connectivity index (χ2n) is 5.85. The van der Waals surface area contributed by atoms with Crippen LogP contribution in [0, 0.1) is 0 Å². The summed E-state index contributed by atoms with van der Waals surface area (Å²) in [6.07, 6.45) is 6.79. The first-order valence-corrected chi connectivity index (χ1v) is 8.45. The summed E-state index contributed by atoms with van der Waals surface area (Å²) < 4.78 is 4.82. The fourth-order valence-corrected chi connectivity index (χ4v) is 2.80. The zero-order chi connectivity index (χ0) is 15.6. The highest BCUT2D eigenvalue weighted by molar-refractivity contribution is 5.79. The number of guanidine groups is 1. The van der Waals surface area contributed by atoms with Crippen LogP contribution >= 0.6 is 0 Å². The minimum Gasteiger partial charge on any atom is -0.364 e. The summed E-state index contributed by atoms with van der Waals surface area (Å²) in [7, 11) is 0. The molecule has 1 aromatic heterocycles. The lowest BCUT2D eigenvalue weighted by Crippen LogP contribution is -2.41. The molecule has 0 amide bonds. The van der Waals surface area contributed by atoms with E-state index in [9.17, 15) is 0 Å². The number of aliphatic imine (C=N–C) groups is 1. The molecule has 0 spiro atoms. The molecule has 2 heterocycles. The smallest absolute Gasteiger partial charge is 0.191 e. The maximum Gasteiger partial charge on any atom is 0.191 e. The van der Waals surface area contributed by atoms with Gasteiger partial charge in [0.05, 0.1) is 6.54 Å². The molecular formula is C16H29N5O. The Morgan fingerprint density at radius 3 is 3.09 bits per heavy atom. The van der Waals surface area contributed by atoms with Crippen molar-refractivity contribution in [1.82, 2.24) is 20.7 Å². The lowest BCUT2D eigenvalue weighted by Gasteiger charge is -2.33. The van der Waals surface area contributed by atoms with Gasteiger partial charge in [-0.2, -0.15) is 0 Å². The van der Waals surface area contributed by atoms with Gasteiger partial charge in [-0.25, -0.2) is 4.99 Å². The number of likely N-dealkylation sites (tertiary alicyclic amines) is 1. The van der Waals surface area contributed by atoms with E-state index in [1.807, 2.05) is 6.07 Å². The Labute approximate surface area is 133 Å². The molecule has 0 radical (unpaired) electrons. The quantitative estimate of drug-likeness (QED) is 0.458. The highest BCUT2D eigenvalue weighted by atomic mass is 16.5. The van der Waals surface area contributed by atoms with Crippen LogP contribution in [0.15, 0.2) is 21.8 Å². The van der Waals surface area contributed by atoms with Crippen molar-refractivity contribution in [3.8, 4) is 0 Å². The van der Waals surface area contributed by atoms with E-state index < -0.39 is 0 Å². The van der Waals surface area contributed by atoms with Gasteiger partial charge >= 0.3 is 0 Å². The van der Waals surface area contributed by atoms with E-state index in [-0.39, 0.29) is 0 Å². The van der Waals surface area contributed by atoms with Gasteiger partial charge < -0.3 is 20.1 Å². The van der Waals surface area contributed by atoms with E-state index in [1.54, 1.807) is 6.26 Å². The highest BCUT2D eigenvalue weighted by Gasteiger charge is 2.17. The Kier molecular flexibility index (Phi) is 7.22. The Morgan fingerprint density at radius 1 is 1.45 bits per heavy atom. The molecule has 1 fully saturated rings. The van der Waals surface area contributed by atoms with Crippen LogP contribution in [0.1, 0.15) is 45.2 Å². The normalized spacial score (nSPS) is 20.1. The first-order valence-electron chi connectivity index (χ1n) is 8.45. The monoisotopic (exact) mass is 307 g/mol. The molecule has 1 aliphatic rings. The maximum atomic E-state index is 4.82. The van der Waals surface area contributed by atoms with E-state index in [4.69, 9.17) is 4.52 Å². The van der Waals surface area contributed by atoms with E-state index in [0.717, 1.165) is 43.8 Å². The van der Waals surface area contributed by atoms with Crippen molar-refractivity contribution in [3.05, 3.63) is 18.0 Å². The molecule has 1 aliphatic heterocycles. The molecule has 0 aromatic carbocycles. The summed E-state index contributed by atoms with van der Waals surface area (Å²) >= 11 is 0. The van der Waals surface area contributed by atoms with Crippen LogP contribution in [0.4, 0.5) is 0 Å². The Balaban J connectivity index is 1.68. The van der Waals surface area contributed by atoms with Gasteiger partial charge in [0.25, 0.3) is 0 Å². The van der Waals surface area contributed by atoms with Crippen molar-refractivity contribution >= 4 is 5.96 Å². The second kappa shape index (κ2) is 9.46. The summed E-state index contributed by atoms with van der Waals surface area (Å²) in [6.45, 7) is 9.16. The fraction of sp³-hybridized carbons (Fsp3) is 0.750. The fourth-order valence-electron chi connectivity index (χ4n) is 2.80. The Morgan fingerprint density at radius 2 is 2.36 bits per heavy atom. The number of nitrogens with zero attached hydrogens (tertiary/aromatic N) is 3. The summed E-state index contributed by atoms with van der Waals surface area (Å²) in [5.41, 5.74) is 0.847. The third kappa shape index (κ3) is 5.67. The SMILES string of the molecule is CCNC(=NCc1ccon1)NCCCN1CCCCC1C. The molecule has 1 atom stereocenters. The standard InChI is InChI=1S/C16H29N5O/c1-3-17-16(19-13-15-8-12-22-20-15)18-9-6-11-21-10-5-4-7-14(21)2/h8,12,14H,3-7,9-11,13H2,1-2H3,(H2,17,18,19). The molecular weight excluding hydrogens is 278 g/mol. The molecule has 1 aromatic rings. The Hall–Kier alpha value is -1.56. The lowest BCUT2D eigenvalue weighted by atomic mass is 10.0. The zero-order valence-electron chi connectivity index (χ0n) is 13.8. The van der Waals surface area contributed by atoms with Crippen LogP contribution in [0.25, 0.3) is 0 Å². The minimum atomic E-state index is 0.537. The van der Waals surface area contributed by atoms with Crippen molar-refractivity contribution in [3.63, 3.8) is 0 Å². The van der Waals surface area contributed by atoms with Crippen molar-refractivity contribution in [2.75, 3.05) is 26.2 Å². The predicted octanol–water partition coefficient (Wildman–Crippen LogP) is 1.99. The average molecular weight is 307 g/mol. The molecule has 0 saturated carbocycles. The first kappa shape index (κ1) is 16.8. The van der Waals surface area contributed by atoms with E-state index >= 15 is 0 Å². The van der Waals surface area contributed by atoms with Crippen LogP contribution in [-0.2, 0) is 6.54 Å². The molecule has 124 valence electrons. The van der Waals surface area contributed by atoms with Crippen molar-refractivity contribution in [2.24, 2.45) is 4.99 Å². The third-order valence-corrected chi connectivity index (χ3v) is 4.09. The van der Waals surface area contributed by atoms with E-state index in [1.165, 1.54) is 25.8 Å². The van der Waals surface area contributed by atoms with Crippen LogP contribution < -0.4 is 10.6 Å². The number of nitrogens with one attached hydrogen (secondary N) is 2. The van der Waals surface area contributed by atoms with Gasteiger partial charge in [-0.1, -0.05) is 11.6 Å². The number of hydrogen-bond donors (Lipinski definition) is 2. The maximum absolute atomic E-state index is 4.82. The minimum absolute atomic E-state index is 0.537. The summed E-state index contributed by atoms with van der Waals surface area (Å²) in [5.74, 6) is 0.845. The molecule has 6 nitrogen and oxygen atoms in total. The van der Waals surface area contributed by atoms with Crippen LogP contribution in [-0.4, -0.2) is 48.2 Å². The summed E-state index contributed by atoms with van der Waals surface area (Å²) in [4.78, 5) is 7.12. The number of aromatic nitrogens is 1. The van der Waals surface area contributed by atoms with Crippen molar-refractivity contribution < 1.29 is 4.52 Å². The van der Waals surface area contributed by atoms with Crippen molar-refractivity contribution in [1.29, 1.82) is 0 Å². The molecule has 6 heteroatoms. The average Bonchev–Trinajstić information content (AvgIpc) is 3.04. The van der Waals surface area contributed by atoms with Crippen LogP contribution in [0.5, 0.6) is 0 Å². The zero-order valence-corrected chi connectivity index (χ0v) is 13.8. The molecule has 2 N–H and O–H groups in total. The third-order valence-electron chi connectivity index (χ3n) is 4.09. The first-order chi connectivity index (χ1) is 10.8. The topological polar surface area (TPSA) is 65.7 Å². The van der Waals surface area contributed by atoms with Gasteiger partial charge in [0.15, 0.2) is 5.96 Å². The van der Waals surface area contributed by atoms with Gasteiger partial charge in [-0.15, -0.1) is 0 Å². The largest absolute Gasteiger partial charge is 0.364 e. The second-order valence-corrected chi connectivity index (χ2v) is 5.85.